The van der Waals surface area contributed by atoms with Gasteiger partial charge < -0.3 is 19.7 Å². The lowest BCUT2D eigenvalue weighted by atomic mass is 9.95. The first-order chi connectivity index (χ1) is 18.2. The summed E-state index contributed by atoms with van der Waals surface area (Å²) in [5, 5.41) is 20.5. The van der Waals surface area contributed by atoms with Crippen molar-refractivity contribution in [2.45, 2.75) is 26.3 Å². The molecule has 3 aromatic rings. The summed E-state index contributed by atoms with van der Waals surface area (Å²) in [7, 11) is 1.51. The molecule has 1 amide bonds. The summed E-state index contributed by atoms with van der Waals surface area (Å²) in [6.45, 7) is 4.53. The quantitative estimate of drug-likeness (QED) is 0.235. The second-order valence-corrected chi connectivity index (χ2v) is 9.42. The van der Waals surface area contributed by atoms with Crippen molar-refractivity contribution < 1.29 is 34.1 Å². The van der Waals surface area contributed by atoms with Crippen LogP contribution in [0.1, 0.15) is 36.6 Å². The maximum Gasteiger partial charge on any atom is 0.307 e. The summed E-state index contributed by atoms with van der Waals surface area (Å²) in [5.74, 6) is -1.59. The number of hydrogen-bond acceptors (Lipinski definition) is 6. The van der Waals surface area contributed by atoms with E-state index in [1.807, 2.05) is 13.8 Å². The van der Waals surface area contributed by atoms with Gasteiger partial charge in [-0.2, -0.15) is 0 Å². The largest absolute Gasteiger partial charge is 0.507 e. The summed E-state index contributed by atoms with van der Waals surface area (Å²) >= 11 is 0. The fourth-order valence-corrected chi connectivity index (χ4v) is 4.33. The number of aliphatic hydroxyl groups is 1. The highest BCUT2D eigenvalue weighted by atomic mass is 16.5. The number of methoxy groups -OCH3 is 1. The minimum Gasteiger partial charge on any atom is -0.507 e. The standard InChI is InChI=1S/C30H29NO7/c1-18(2)17-38-24-9-5-7-21(16-24)28(34)26-27(20-6-4-8-23(15-20)37-3)31(30(36)29(26)35)22-12-10-19(11-13-22)14-25(32)33/h4-13,15-16,18,27,34H,14,17H2,1-3H3,(H,32,33)/b28-26-. The van der Waals surface area contributed by atoms with Gasteiger partial charge in [0.2, 0.25) is 0 Å². The Hall–Kier alpha value is -4.59. The number of ether oxygens (including phenoxy) is 2. The van der Waals surface area contributed by atoms with Crippen molar-refractivity contribution in [1.82, 2.24) is 0 Å². The van der Waals surface area contributed by atoms with Crippen LogP contribution in [0, 0.1) is 5.92 Å². The number of carbonyl (C=O) groups excluding carboxylic acids is 2. The van der Waals surface area contributed by atoms with Crippen molar-refractivity contribution in [3.63, 3.8) is 0 Å². The number of benzene rings is 3. The normalized spacial score (nSPS) is 16.6. The van der Waals surface area contributed by atoms with Gasteiger partial charge in [-0.1, -0.05) is 50.2 Å². The Morgan fingerprint density at radius 2 is 1.63 bits per heavy atom. The molecule has 0 spiro atoms. The summed E-state index contributed by atoms with van der Waals surface area (Å²) in [5.41, 5.74) is 1.77. The Kier molecular flexibility index (Phi) is 7.81. The van der Waals surface area contributed by atoms with Crippen LogP contribution >= 0.6 is 0 Å². The van der Waals surface area contributed by atoms with Crippen LogP contribution in [0.15, 0.2) is 78.4 Å². The molecule has 38 heavy (non-hydrogen) atoms. The van der Waals surface area contributed by atoms with Gasteiger partial charge in [0.05, 0.1) is 31.8 Å². The zero-order valence-corrected chi connectivity index (χ0v) is 21.4. The van der Waals surface area contributed by atoms with Crippen molar-refractivity contribution in [3.05, 3.63) is 95.1 Å². The van der Waals surface area contributed by atoms with E-state index < -0.39 is 23.7 Å². The van der Waals surface area contributed by atoms with E-state index in [0.29, 0.717) is 46.4 Å². The Morgan fingerprint density at radius 1 is 0.947 bits per heavy atom. The number of ketones is 1. The molecule has 0 aliphatic carbocycles. The molecule has 1 atom stereocenters. The van der Waals surface area contributed by atoms with Crippen LogP contribution in [0.3, 0.4) is 0 Å². The zero-order valence-electron chi connectivity index (χ0n) is 21.4. The van der Waals surface area contributed by atoms with E-state index in [9.17, 15) is 19.5 Å². The van der Waals surface area contributed by atoms with Crippen molar-refractivity contribution in [3.8, 4) is 11.5 Å². The first-order valence-electron chi connectivity index (χ1n) is 12.2. The fraction of sp³-hybridized carbons (Fsp3) is 0.233. The van der Waals surface area contributed by atoms with Gasteiger partial charge in [-0.25, -0.2) is 0 Å². The fourth-order valence-electron chi connectivity index (χ4n) is 4.33. The van der Waals surface area contributed by atoms with E-state index in [0.717, 1.165) is 0 Å². The molecule has 0 bridgehead atoms. The molecule has 8 heteroatoms. The summed E-state index contributed by atoms with van der Waals surface area (Å²) < 4.78 is 11.2. The number of carbonyl (C=O) groups is 3. The SMILES string of the molecule is COc1cccc(C2/C(=C(/O)c3cccc(OCC(C)C)c3)C(=O)C(=O)N2c2ccc(CC(=O)O)cc2)c1. The second-order valence-electron chi connectivity index (χ2n) is 9.42. The van der Waals surface area contributed by atoms with E-state index in [1.54, 1.807) is 72.8 Å². The Bertz CT molecular complexity index is 1390. The summed E-state index contributed by atoms with van der Waals surface area (Å²) in [6.07, 6.45) is -0.173. The number of aliphatic hydroxyl groups excluding tert-OH is 1. The topological polar surface area (TPSA) is 113 Å². The number of carboxylic acids is 1. The molecule has 196 valence electrons. The number of Topliss-reactive ketones (excluding diaryl/α,β-unsaturated/α-hetero) is 1. The lowest BCUT2D eigenvalue weighted by Crippen LogP contribution is -2.29. The molecule has 0 radical (unpaired) electrons. The number of anilines is 1. The Morgan fingerprint density at radius 3 is 2.29 bits per heavy atom. The third-order valence-electron chi connectivity index (χ3n) is 6.11. The van der Waals surface area contributed by atoms with Crippen molar-refractivity contribution in [2.75, 3.05) is 18.6 Å². The van der Waals surface area contributed by atoms with Crippen molar-refractivity contribution >= 4 is 29.1 Å². The number of rotatable bonds is 9. The van der Waals surface area contributed by atoms with Crippen molar-refractivity contribution in [1.29, 1.82) is 0 Å². The van der Waals surface area contributed by atoms with Crippen LogP contribution in [-0.4, -0.2) is 41.6 Å². The predicted molar refractivity (Wildman–Crippen MR) is 142 cm³/mol. The highest BCUT2D eigenvalue weighted by Crippen LogP contribution is 2.43. The van der Waals surface area contributed by atoms with Gasteiger partial charge >= 0.3 is 5.97 Å². The van der Waals surface area contributed by atoms with Gasteiger partial charge in [-0.15, -0.1) is 0 Å². The van der Waals surface area contributed by atoms with E-state index >= 15 is 0 Å². The number of amides is 1. The van der Waals surface area contributed by atoms with Gasteiger partial charge in [-0.3, -0.25) is 19.3 Å². The van der Waals surface area contributed by atoms with Gasteiger partial charge in [0.1, 0.15) is 17.3 Å². The minimum absolute atomic E-state index is 0.0705. The maximum atomic E-state index is 13.4. The van der Waals surface area contributed by atoms with E-state index in [4.69, 9.17) is 14.6 Å². The summed E-state index contributed by atoms with van der Waals surface area (Å²) in [4.78, 5) is 39.2. The van der Waals surface area contributed by atoms with E-state index in [2.05, 4.69) is 0 Å². The second kappa shape index (κ2) is 11.2. The lowest BCUT2D eigenvalue weighted by Gasteiger charge is -2.26. The van der Waals surface area contributed by atoms with Crippen LogP contribution in [0.25, 0.3) is 5.76 Å². The lowest BCUT2D eigenvalue weighted by molar-refractivity contribution is -0.136. The van der Waals surface area contributed by atoms with Crippen LogP contribution in [0.4, 0.5) is 5.69 Å². The van der Waals surface area contributed by atoms with Gasteiger partial charge in [0.25, 0.3) is 11.7 Å². The molecule has 1 fully saturated rings. The number of aliphatic carboxylic acids is 1. The molecule has 1 unspecified atom stereocenters. The van der Waals surface area contributed by atoms with Crippen LogP contribution in [0.5, 0.6) is 11.5 Å². The Balaban J connectivity index is 1.84. The number of nitrogens with zero attached hydrogens (tertiary/aromatic N) is 1. The highest BCUT2D eigenvalue weighted by molar-refractivity contribution is 6.51. The molecule has 0 aromatic heterocycles. The highest BCUT2D eigenvalue weighted by Gasteiger charge is 2.47. The van der Waals surface area contributed by atoms with E-state index in [1.165, 1.54) is 12.0 Å². The predicted octanol–water partition coefficient (Wildman–Crippen LogP) is 4.98. The molecule has 3 aromatic carbocycles. The molecule has 1 aliphatic heterocycles. The molecule has 1 heterocycles. The Labute approximate surface area is 220 Å². The first kappa shape index (κ1) is 26.5. The monoisotopic (exact) mass is 515 g/mol. The van der Waals surface area contributed by atoms with Crippen LogP contribution < -0.4 is 14.4 Å². The van der Waals surface area contributed by atoms with Gasteiger partial charge in [0.15, 0.2) is 0 Å². The number of hydrogen-bond donors (Lipinski definition) is 2. The molecule has 1 saturated heterocycles. The molecule has 0 saturated carbocycles. The zero-order chi connectivity index (χ0) is 27.4. The third kappa shape index (κ3) is 5.54. The smallest absolute Gasteiger partial charge is 0.307 e. The average molecular weight is 516 g/mol. The molecule has 2 N–H and O–H groups in total. The van der Waals surface area contributed by atoms with E-state index in [-0.39, 0.29) is 17.8 Å². The molecule has 8 nitrogen and oxygen atoms in total. The molecule has 1 aliphatic rings. The van der Waals surface area contributed by atoms with Crippen LogP contribution in [0.2, 0.25) is 0 Å². The minimum atomic E-state index is -0.978. The summed E-state index contributed by atoms with van der Waals surface area (Å²) in [6, 6.07) is 19.1. The van der Waals surface area contributed by atoms with Crippen LogP contribution in [-0.2, 0) is 20.8 Å². The van der Waals surface area contributed by atoms with Gasteiger partial charge in [-0.05, 0) is 53.4 Å². The van der Waals surface area contributed by atoms with Crippen molar-refractivity contribution in [2.24, 2.45) is 5.92 Å². The van der Waals surface area contributed by atoms with Gasteiger partial charge in [0, 0.05) is 11.3 Å². The maximum absolute atomic E-state index is 13.4. The third-order valence-corrected chi connectivity index (χ3v) is 6.11. The molecular weight excluding hydrogens is 486 g/mol. The average Bonchev–Trinajstić information content (AvgIpc) is 3.17. The molecular formula is C30H29NO7. The first-order valence-corrected chi connectivity index (χ1v) is 12.2. The molecule has 4 rings (SSSR count). The number of carboxylic acid groups (broad SMARTS) is 1.